The highest BCUT2D eigenvalue weighted by Crippen LogP contribution is 2.30. The summed E-state index contributed by atoms with van der Waals surface area (Å²) < 4.78 is 61.6. The van der Waals surface area contributed by atoms with Crippen molar-refractivity contribution in [2.75, 3.05) is 32.7 Å². The second-order valence-corrected chi connectivity index (χ2v) is 9.64. The van der Waals surface area contributed by atoms with Crippen LogP contribution in [0.4, 0.5) is 13.2 Å². The van der Waals surface area contributed by atoms with Crippen molar-refractivity contribution in [1.82, 2.24) is 14.9 Å². The lowest BCUT2D eigenvalue weighted by atomic mass is 9.98. The summed E-state index contributed by atoms with van der Waals surface area (Å²) in [6, 6.07) is 8.30. The van der Waals surface area contributed by atoms with E-state index in [4.69, 9.17) is 0 Å². The van der Waals surface area contributed by atoms with Crippen LogP contribution in [0.1, 0.15) is 43.7 Å². The summed E-state index contributed by atoms with van der Waals surface area (Å²) in [7, 11) is -5.23. The van der Waals surface area contributed by atoms with Gasteiger partial charge < -0.3 is 10.6 Å². The van der Waals surface area contributed by atoms with Crippen LogP contribution in [-0.2, 0) is 10.0 Å². The van der Waals surface area contributed by atoms with Crippen LogP contribution in [0.25, 0.3) is 0 Å². The molecule has 1 aliphatic heterocycles. The van der Waals surface area contributed by atoms with Crippen molar-refractivity contribution in [3.8, 4) is 0 Å². The molecule has 0 saturated carbocycles. The van der Waals surface area contributed by atoms with Crippen LogP contribution in [0.2, 0.25) is 0 Å². The fourth-order valence-electron chi connectivity index (χ4n) is 3.39. The van der Waals surface area contributed by atoms with Crippen molar-refractivity contribution in [3.63, 3.8) is 0 Å². The number of halogens is 4. The summed E-state index contributed by atoms with van der Waals surface area (Å²) >= 11 is 0. The molecule has 1 aromatic carbocycles. The summed E-state index contributed by atoms with van der Waals surface area (Å²) in [5.74, 6) is 0.987. The predicted octanol–water partition coefficient (Wildman–Crippen LogP) is 3.83. The van der Waals surface area contributed by atoms with Gasteiger partial charge in [-0.3, -0.25) is 4.99 Å². The van der Waals surface area contributed by atoms with Gasteiger partial charge in [0.2, 0.25) is 0 Å². The molecule has 2 N–H and O–H groups in total. The quantitative estimate of drug-likeness (QED) is 0.294. The Morgan fingerprint density at radius 3 is 2.45 bits per heavy atom. The first-order chi connectivity index (χ1) is 14.0. The van der Waals surface area contributed by atoms with Crippen molar-refractivity contribution in [3.05, 3.63) is 35.4 Å². The van der Waals surface area contributed by atoms with E-state index < -0.39 is 15.5 Å². The van der Waals surface area contributed by atoms with Crippen molar-refractivity contribution in [2.24, 2.45) is 10.9 Å². The SMILES string of the molecule is CCNC(=NCC(C)c1cccc(C)c1)NCC1CCN(S(=O)(=O)C(F)(F)F)CC1.I. The molecule has 1 aliphatic rings. The lowest BCUT2D eigenvalue weighted by molar-refractivity contribution is -0.0496. The highest BCUT2D eigenvalue weighted by molar-refractivity contribution is 14.0. The summed E-state index contributed by atoms with van der Waals surface area (Å²) in [6.45, 7) is 7.70. The first-order valence-corrected chi connectivity index (χ1v) is 11.6. The first kappa shape index (κ1) is 28.0. The topological polar surface area (TPSA) is 73.8 Å². The number of rotatable bonds is 7. The predicted molar refractivity (Wildman–Crippen MR) is 128 cm³/mol. The fraction of sp³-hybridized carbons (Fsp3) is 0.650. The third kappa shape index (κ3) is 8.08. The molecular formula is C20H32F3IN4O2S. The number of alkyl halides is 3. The first-order valence-electron chi connectivity index (χ1n) is 10.2. The highest BCUT2D eigenvalue weighted by Gasteiger charge is 2.50. The lowest BCUT2D eigenvalue weighted by Crippen LogP contribution is -2.47. The smallest absolute Gasteiger partial charge is 0.357 e. The van der Waals surface area contributed by atoms with E-state index >= 15 is 0 Å². The average molecular weight is 576 g/mol. The molecule has 11 heteroatoms. The second-order valence-electron chi connectivity index (χ2n) is 7.71. The number of hydrogen-bond acceptors (Lipinski definition) is 3. The molecule has 0 aliphatic carbocycles. The lowest BCUT2D eigenvalue weighted by Gasteiger charge is -2.31. The zero-order valence-electron chi connectivity index (χ0n) is 18.1. The Labute approximate surface area is 200 Å². The Morgan fingerprint density at radius 2 is 1.90 bits per heavy atom. The van der Waals surface area contributed by atoms with Gasteiger partial charge in [-0.05, 0) is 38.2 Å². The second kappa shape index (κ2) is 12.2. The number of nitrogens with zero attached hydrogens (tertiary/aromatic N) is 2. The molecule has 1 saturated heterocycles. The van der Waals surface area contributed by atoms with E-state index in [1.54, 1.807) is 0 Å². The molecular weight excluding hydrogens is 544 g/mol. The Kier molecular flexibility index (Phi) is 11.0. The van der Waals surface area contributed by atoms with Crippen LogP contribution in [0, 0.1) is 12.8 Å². The van der Waals surface area contributed by atoms with Gasteiger partial charge in [-0.2, -0.15) is 17.5 Å². The molecule has 1 heterocycles. The Balaban J connectivity index is 0.00000480. The number of aryl methyl sites for hydroxylation is 1. The van der Waals surface area contributed by atoms with E-state index in [0.717, 1.165) is 0 Å². The molecule has 1 fully saturated rings. The van der Waals surface area contributed by atoms with Crippen LogP contribution < -0.4 is 10.6 Å². The maximum Gasteiger partial charge on any atom is 0.511 e. The number of nitrogens with one attached hydrogen (secondary N) is 2. The van der Waals surface area contributed by atoms with E-state index in [-0.39, 0.29) is 48.9 Å². The molecule has 0 aromatic heterocycles. The summed E-state index contributed by atoms with van der Waals surface area (Å²) in [6.07, 6.45) is 0.753. The standard InChI is InChI=1S/C20H31F3N4O2S.HI/c1-4-24-19(25-13-16(3)18-7-5-6-15(2)12-18)26-14-17-8-10-27(11-9-17)30(28,29)20(21,22)23;/h5-7,12,16-17H,4,8-11,13-14H2,1-3H3,(H2,24,25,26);1H. The zero-order chi connectivity index (χ0) is 22.4. The molecule has 0 bridgehead atoms. The van der Waals surface area contributed by atoms with Gasteiger partial charge in [0.15, 0.2) is 5.96 Å². The van der Waals surface area contributed by atoms with Gasteiger partial charge in [0.25, 0.3) is 0 Å². The van der Waals surface area contributed by atoms with Crippen molar-refractivity contribution in [2.45, 2.75) is 45.0 Å². The molecule has 2 rings (SSSR count). The van der Waals surface area contributed by atoms with Gasteiger partial charge in [-0.15, -0.1) is 24.0 Å². The molecule has 178 valence electrons. The molecule has 1 unspecified atom stereocenters. The Hall–Kier alpha value is -1.08. The maximum atomic E-state index is 12.7. The molecule has 6 nitrogen and oxygen atoms in total. The monoisotopic (exact) mass is 576 g/mol. The molecule has 0 amide bonds. The van der Waals surface area contributed by atoms with Crippen molar-refractivity contribution >= 4 is 40.0 Å². The highest BCUT2D eigenvalue weighted by atomic mass is 127. The normalized spacial score (nSPS) is 17.7. The van der Waals surface area contributed by atoms with E-state index in [1.165, 1.54) is 11.1 Å². The van der Waals surface area contributed by atoms with Gasteiger partial charge in [0, 0.05) is 38.6 Å². The molecule has 1 atom stereocenters. The van der Waals surface area contributed by atoms with Gasteiger partial charge in [-0.25, -0.2) is 8.42 Å². The largest absolute Gasteiger partial charge is 0.511 e. The van der Waals surface area contributed by atoms with E-state index in [9.17, 15) is 21.6 Å². The number of benzene rings is 1. The van der Waals surface area contributed by atoms with Crippen molar-refractivity contribution in [1.29, 1.82) is 0 Å². The molecule has 31 heavy (non-hydrogen) atoms. The molecule has 0 radical (unpaired) electrons. The third-order valence-electron chi connectivity index (χ3n) is 5.24. The van der Waals surface area contributed by atoms with Crippen LogP contribution in [-0.4, -0.2) is 56.9 Å². The Morgan fingerprint density at radius 1 is 1.26 bits per heavy atom. The van der Waals surface area contributed by atoms with Gasteiger partial charge in [0.05, 0.1) is 0 Å². The minimum Gasteiger partial charge on any atom is -0.357 e. The minimum atomic E-state index is -5.24. The van der Waals surface area contributed by atoms with Crippen LogP contribution in [0.3, 0.4) is 0 Å². The van der Waals surface area contributed by atoms with Gasteiger partial charge in [-0.1, -0.05) is 36.8 Å². The average Bonchev–Trinajstić information content (AvgIpc) is 2.69. The van der Waals surface area contributed by atoms with Gasteiger partial charge in [0.1, 0.15) is 0 Å². The van der Waals surface area contributed by atoms with Crippen LogP contribution >= 0.6 is 24.0 Å². The molecule has 0 spiro atoms. The number of piperidine rings is 1. The van der Waals surface area contributed by atoms with Crippen molar-refractivity contribution < 1.29 is 21.6 Å². The number of hydrogen-bond donors (Lipinski definition) is 2. The maximum absolute atomic E-state index is 12.7. The third-order valence-corrected chi connectivity index (χ3v) is 6.87. The van der Waals surface area contributed by atoms with E-state index in [2.05, 4.69) is 47.7 Å². The summed E-state index contributed by atoms with van der Waals surface area (Å²) in [5, 5.41) is 6.42. The summed E-state index contributed by atoms with van der Waals surface area (Å²) in [4.78, 5) is 4.63. The number of sulfonamides is 1. The van der Waals surface area contributed by atoms with E-state index in [0.29, 0.717) is 42.7 Å². The summed E-state index contributed by atoms with van der Waals surface area (Å²) in [5.41, 5.74) is -2.82. The minimum absolute atomic E-state index is 0. The zero-order valence-corrected chi connectivity index (χ0v) is 21.2. The molecule has 1 aromatic rings. The number of aliphatic imine (C=N–C) groups is 1. The fourth-order valence-corrected chi connectivity index (χ4v) is 4.38. The van der Waals surface area contributed by atoms with Crippen LogP contribution in [0.5, 0.6) is 0 Å². The van der Waals surface area contributed by atoms with Crippen LogP contribution in [0.15, 0.2) is 29.3 Å². The van der Waals surface area contributed by atoms with Gasteiger partial charge >= 0.3 is 15.5 Å². The Bertz CT molecular complexity index is 826. The number of guanidine groups is 1. The van der Waals surface area contributed by atoms with E-state index in [1.807, 2.05) is 13.0 Å².